The lowest BCUT2D eigenvalue weighted by Crippen LogP contribution is -2.15. The van der Waals surface area contributed by atoms with Crippen LogP contribution < -0.4 is 0 Å². The van der Waals surface area contributed by atoms with Crippen LogP contribution in [0.5, 0.6) is 0 Å². The Morgan fingerprint density at radius 2 is 2.06 bits per heavy atom. The first-order chi connectivity index (χ1) is 7.88. The van der Waals surface area contributed by atoms with Crippen LogP contribution in [-0.4, -0.2) is 19.6 Å². The van der Waals surface area contributed by atoms with Gasteiger partial charge in [-0.3, -0.25) is 9.36 Å². The zero-order valence-corrected chi connectivity index (χ0v) is 9.36. The molecule has 92 valence electrons. The highest BCUT2D eigenvalue weighted by Gasteiger charge is 2.37. The molecule has 0 N–H and O–H groups in total. The van der Waals surface area contributed by atoms with E-state index in [9.17, 15) is 13.2 Å². The second-order valence-corrected chi connectivity index (χ2v) is 3.79. The lowest BCUT2D eigenvalue weighted by molar-refractivity contribution is -0.144. The summed E-state index contributed by atoms with van der Waals surface area (Å²) in [7, 11) is 1.28. The predicted molar refractivity (Wildman–Crippen MR) is 54.3 cm³/mol. The van der Waals surface area contributed by atoms with Crippen LogP contribution in [0.3, 0.4) is 0 Å². The van der Waals surface area contributed by atoms with Crippen LogP contribution >= 0.6 is 0 Å². The van der Waals surface area contributed by atoms with Gasteiger partial charge in [0.1, 0.15) is 5.69 Å². The summed E-state index contributed by atoms with van der Waals surface area (Å²) in [5.41, 5.74) is 0.149. The lowest BCUT2D eigenvalue weighted by Gasteiger charge is -2.09. The molecule has 2 aromatic heterocycles. The Labute approximate surface area is 95.7 Å². The second kappa shape index (κ2) is 3.90. The van der Waals surface area contributed by atoms with Crippen LogP contribution in [0.15, 0.2) is 18.5 Å². The molecule has 2 aromatic rings. The largest absolute Gasteiger partial charge is 0.433 e. The van der Waals surface area contributed by atoms with Gasteiger partial charge in [0.15, 0.2) is 0 Å². The van der Waals surface area contributed by atoms with Crippen molar-refractivity contribution in [1.29, 1.82) is 0 Å². The molecule has 0 radical (unpaired) electrons. The maximum atomic E-state index is 12.8. The van der Waals surface area contributed by atoms with Gasteiger partial charge in [-0.2, -0.15) is 23.4 Å². The molecule has 0 saturated heterocycles. The molecule has 0 unspecified atom stereocenters. The van der Waals surface area contributed by atoms with E-state index in [2.05, 4.69) is 10.2 Å². The van der Waals surface area contributed by atoms with Gasteiger partial charge in [0, 0.05) is 18.8 Å². The van der Waals surface area contributed by atoms with Crippen molar-refractivity contribution in [3.05, 3.63) is 35.4 Å². The van der Waals surface area contributed by atoms with Crippen molar-refractivity contribution < 1.29 is 13.2 Å². The summed E-state index contributed by atoms with van der Waals surface area (Å²) < 4.78 is 40.6. The highest BCUT2D eigenvalue weighted by atomic mass is 19.4. The number of nitrogens with zero attached hydrogens (tertiary/aromatic N) is 4. The smallest absolute Gasteiger partial charge is 0.268 e. The first-order valence-corrected chi connectivity index (χ1v) is 4.96. The Hall–Kier alpha value is -1.79. The van der Waals surface area contributed by atoms with Gasteiger partial charge < -0.3 is 0 Å². The normalized spacial score (nSPS) is 12.1. The zero-order chi connectivity index (χ0) is 12.6. The highest BCUT2D eigenvalue weighted by molar-refractivity contribution is 5.21. The average Bonchev–Trinajstić information content (AvgIpc) is 2.73. The molecule has 0 aliphatic rings. The lowest BCUT2D eigenvalue weighted by atomic mass is 10.2. The highest BCUT2D eigenvalue weighted by Crippen LogP contribution is 2.31. The number of aromatic nitrogens is 4. The standard InChI is InChI=1S/C10H11F3N4/c1-7-3-4-17(15-7)6-8-5-14-16(2)9(8)10(11,12)13/h3-5H,6H2,1-2H3. The van der Waals surface area contributed by atoms with Gasteiger partial charge in [0.2, 0.25) is 0 Å². The van der Waals surface area contributed by atoms with Crippen molar-refractivity contribution in [3.8, 4) is 0 Å². The SMILES string of the molecule is Cc1ccn(Cc2cnn(C)c2C(F)(F)F)n1. The predicted octanol–water partition coefficient (Wildman–Crippen LogP) is 1.99. The maximum Gasteiger partial charge on any atom is 0.433 e. The van der Waals surface area contributed by atoms with Gasteiger partial charge in [-0.05, 0) is 13.0 Å². The van der Waals surface area contributed by atoms with Crippen LogP contribution in [0.2, 0.25) is 0 Å². The fourth-order valence-electron chi connectivity index (χ4n) is 1.69. The summed E-state index contributed by atoms with van der Waals surface area (Å²) in [6.07, 6.45) is -1.54. The van der Waals surface area contributed by atoms with Gasteiger partial charge in [0.25, 0.3) is 0 Å². The monoisotopic (exact) mass is 244 g/mol. The summed E-state index contributed by atoms with van der Waals surface area (Å²) in [6, 6.07) is 1.74. The molecule has 2 heterocycles. The van der Waals surface area contributed by atoms with Crippen LogP contribution in [-0.2, 0) is 19.8 Å². The third kappa shape index (κ3) is 2.32. The molecule has 0 aliphatic heterocycles. The number of halogens is 3. The molecule has 0 amide bonds. The van der Waals surface area contributed by atoms with Crippen molar-refractivity contribution in [2.45, 2.75) is 19.6 Å². The Morgan fingerprint density at radius 3 is 2.59 bits per heavy atom. The fraction of sp³-hybridized carbons (Fsp3) is 0.400. The minimum atomic E-state index is -4.40. The van der Waals surface area contributed by atoms with Gasteiger partial charge in [-0.15, -0.1) is 0 Å². The Balaban J connectivity index is 2.34. The van der Waals surface area contributed by atoms with Gasteiger partial charge in [-0.1, -0.05) is 0 Å². The molecule has 7 heteroatoms. The van der Waals surface area contributed by atoms with E-state index in [0.717, 1.165) is 10.4 Å². The van der Waals surface area contributed by atoms with Gasteiger partial charge in [0.05, 0.1) is 18.4 Å². The van der Waals surface area contributed by atoms with Crippen LogP contribution in [0, 0.1) is 6.92 Å². The second-order valence-electron chi connectivity index (χ2n) is 3.79. The van der Waals surface area contributed by atoms with E-state index in [4.69, 9.17) is 0 Å². The zero-order valence-electron chi connectivity index (χ0n) is 9.36. The molecule has 0 aliphatic carbocycles. The molecule has 4 nitrogen and oxygen atoms in total. The Morgan fingerprint density at radius 1 is 1.35 bits per heavy atom. The number of rotatable bonds is 2. The summed E-state index contributed by atoms with van der Waals surface area (Å²) in [6.45, 7) is 1.85. The average molecular weight is 244 g/mol. The third-order valence-electron chi connectivity index (χ3n) is 2.39. The molecule has 17 heavy (non-hydrogen) atoms. The van der Waals surface area contributed by atoms with Crippen LogP contribution in [0.4, 0.5) is 13.2 Å². The number of alkyl halides is 3. The van der Waals surface area contributed by atoms with E-state index in [1.54, 1.807) is 19.2 Å². The van der Waals surface area contributed by atoms with E-state index in [-0.39, 0.29) is 12.1 Å². The molecular weight excluding hydrogens is 233 g/mol. The molecule has 0 saturated carbocycles. The first kappa shape index (κ1) is 11.7. The number of hydrogen-bond acceptors (Lipinski definition) is 2. The van der Waals surface area contributed by atoms with E-state index >= 15 is 0 Å². The molecule has 2 rings (SSSR count). The van der Waals surface area contributed by atoms with E-state index in [1.807, 2.05) is 0 Å². The Kier molecular flexibility index (Phi) is 2.68. The van der Waals surface area contributed by atoms with Gasteiger partial charge in [-0.25, -0.2) is 0 Å². The van der Waals surface area contributed by atoms with E-state index in [0.29, 0.717) is 0 Å². The molecular formula is C10H11F3N4. The quantitative estimate of drug-likeness (QED) is 0.809. The molecule has 0 aromatic carbocycles. The third-order valence-corrected chi connectivity index (χ3v) is 2.39. The molecule has 0 fully saturated rings. The summed E-state index contributed by atoms with van der Waals surface area (Å²) in [4.78, 5) is 0. The minimum Gasteiger partial charge on any atom is -0.268 e. The summed E-state index contributed by atoms with van der Waals surface area (Å²) in [5.74, 6) is 0. The fourth-order valence-corrected chi connectivity index (χ4v) is 1.69. The Bertz CT molecular complexity index is 524. The van der Waals surface area contributed by atoms with Crippen molar-refractivity contribution >= 4 is 0 Å². The summed E-state index contributed by atoms with van der Waals surface area (Å²) in [5, 5.41) is 7.69. The number of aryl methyl sites for hydroxylation is 2. The molecule has 0 bridgehead atoms. The maximum absolute atomic E-state index is 12.8. The van der Waals surface area contributed by atoms with Crippen LogP contribution in [0.1, 0.15) is 17.0 Å². The summed E-state index contributed by atoms with van der Waals surface area (Å²) >= 11 is 0. The minimum absolute atomic E-state index is 0.0660. The molecule has 0 atom stereocenters. The van der Waals surface area contributed by atoms with E-state index < -0.39 is 11.9 Å². The van der Waals surface area contributed by atoms with Crippen molar-refractivity contribution in [2.75, 3.05) is 0 Å². The van der Waals surface area contributed by atoms with Gasteiger partial charge >= 0.3 is 6.18 Å². The number of hydrogen-bond donors (Lipinski definition) is 0. The van der Waals surface area contributed by atoms with Crippen LogP contribution in [0.25, 0.3) is 0 Å². The van der Waals surface area contributed by atoms with Crippen molar-refractivity contribution in [3.63, 3.8) is 0 Å². The molecule has 0 spiro atoms. The van der Waals surface area contributed by atoms with Crippen molar-refractivity contribution in [1.82, 2.24) is 19.6 Å². The topological polar surface area (TPSA) is 35.6 Å². The first-order valence-electron chi connectivity index (χ1n) is 4.96. The van der Waals surface area contributed by atoms with Crippen molar-refractivity contribution in [2.24, 2.45) is 7.05 Å². The van der Waals surface area contributed by atoms with E-state index in [1.165, 1.54) is 17.9 Å².